The van der Waals surface area contributed by atoms with Crippen molar-refractivity contribution in [2.45, 2.75) is 20.0 Å². The van der Waals surface area contributed by atoms with Gasteiger partial charge in [0, 0.05) is 0 Å². The highest BCUT2D eigenvalue weighted by Gasteiger charge is 2.17. The second-order valence-corrected chi connectivity index (χ2v) is 4.64. The van der Waals surface area contributed by atoms with Crippen molar-refractivity contribution >= 4 is 23.2 Å². The number of nitrogens with two attached hydrogens (primary N) is 3. The molecule has 0 aliphatic rings. The zero-order chi connectivity index (χ0) is 15.3. The number of ether oxygens (including phenoxy) is 1. The number of nitrogens with zero attached hydrogens (tertiary/aromatic N) is 1. The minimum Gasteiger partial charge on any atom is -0.489 e. The van der Waals surface area contributed by atoms with Crippen LogP contribution in [0, 0.1) is 0 Å². The molecule has 1 aromatic carbocycles. The first-order valence-corrected chi connectivity index (χ1v) is 6.18. The van der Waals surface area contributed by atoms with Crippen molar-refractivity contribution in [3.8, 4) is 5.75 Å². The Morgan fingerprint density at radius 2 is 1.75 bits per heavy atom. The van der Waals surface area contributed by atoms with Gasteiger partial charge in [-0.3, -0.25) is 9.59 Å². The molecule has 0 aromatic heterocycles. The van der Waals surface area contributed by atoms with Gasteiger partial charge in [-0.25, -0.2) is 0 Å². The van der Waals surface area contributed by atoms with Crippen molar-refractivity contribution in [1.29, 1.82) is 0 Å². The number of hydrogen-bond acceptors (Lipinski definition) is 5. The SMILES string of the molecule is CC(C)Oc1cccc(N(CC(N)=O)CC(N)=O)c1N. The van der Waals surface area contributed by atoms with Gasteiger partial charge >= 0.3 is 0 Å². The van der Waals surface area contributed by atoms with E-state index in [-0.39, 0.29) is 19.2 Å². The van der Waals surface area contributed by atoms with E-state index < -0.39 is 11.8 Å². The molecule has 0 atom stereocenters. The first-order valence-electron chi connectivity index (χ1n) is 6.18. The monoisotopic (exact) mass is 280 g/mol. The van der Waals surface area contributed by atoms with Gasteiger partial charge in [0.15, 0.2) is 0 Å². The summed E-state index contributed by atoms with van der Waals surface area (Å²) in [6.45, 7) is 3.43. The van der Waals surface area contributed by atoms with Crippen molar-refractivity contribution in [1.82, 2.24) is 0 Å². The number of primary amides is 2. The van der Waals surface area contributed by atoms with Crippen LogP contribution in [0.25, 0.3) is 0 Å². The van der Waals surface area contributed by atoms with Gasteiger partial charge in [0.2, 0.25) is 11.8 Å². The standard InChI is InChI=1S/C13H20N4O3/c1-8(2)20-10-5-3-4-9(13(10)16)17(6-11(14)18)7-12(15)19/h3-5,8H,6-7,16H2,1-2H3,(H2,14,18)(H2,15,19). The number of amides is 2. The van der Waals surface area contributed by atoms with Crippen LogP contribution in [-0.2, 0) is 9.59 Å². The van der Waals surface area contributed by atoms with Gasteiger partial charge in [0.25, 0.3) is 0 Å². The third-order valence-corrected chi connectivity index (χ3v) is 2.44. The van der Waals surface area contributed by atoms with E-state index in [1.807, 2.05) is 13.8 Å². The molecule has 0 fully saturated rings. The Bertz CT molecular complexity index is 486. The Labute approximate surface area is 117 Å². The molecule has 7 heteroatoms. The summed E-state index contributed by atoms with van der Waals surface area (Å²) in [7, 11) is 0. The molecule has 20 heavy (non-hydrogen) atoms. The van der Waals surface area contributed by atoms with E-state index in [1.165, 1.54) is 4.90 Å². The van der Waals surface area contributed by atoms with Gasteiger partial charge in [-0.2, -0.15) is 0 Å². The first-order chi connectivity index (χ1) is 9.31. The van der Waals surface area contributed by atoms with Gasteiger partial charge < -0.3 is 26.8 Å². The molecule has 1 rings (SSSR count). The van der Waals surface area contributed by atoms with E-state index in [1.54, 1.807) is 18.2 Å². The Morgan fingerprint density at radius 1 is 1.20 bits per heavy atom. The van der Waals surface area contributed by atoms with E-state index in [4.69, 9.17) is 21.9 Å². The Morgan fingerprint density at radius 3 is 2.20 bits per heavy atom. The molecule has 6 N–H and O–H groups in total. The maximum Gasteiger partial charge on any atom is 0.236 e. The third kappa shape index (κ3) is 4.34. The number of rotatable bonds is 7. The lowest BCUT2D eigenvalue weighted by Gasteiger charge is -2.24. The van der Waals surface area contributed by atoms with Crippen molar-refractivity contribution in [2.24, 2.45) is 11.5 Å². The minimum absolute atomic E-state index is 0.0479. The summed E-state index contributed by atoms with van der Waals surface area (Å²) in [6.07, 6.45) is -0.0479. The lowest BCUT2D eigenvalue weighted by atomic mass is 10.2. The maximum absolute atomic E-state index is 11.1. The molecule has 0 radical (unpaired) electrons. The van der Waals surface area contributed by atoms with Crippen LogP contribution in [0.2, 0.25) is 0 Å². The summed E-state index contributed by atoms with van der Waals surface area (Å²) in [5.74, 6) is -0.682. The van der Waals surface area contributed by atoms with Crippen LogP contribution < -0.4 is 26.8 Å². The molecule has 0 heterocycles. The van der Waals surface area contributed by atoms with Crippen LogP contribution in [0.5, 0.6) is 5.75 Å². The summed E-state index contributed by atoms with van der Waals surface area (Å²) in [6, 6.07) is 5.11. The number of nitrogen functional groups attached to an aromatic ring is 1. The number of carbonyl (C=O) groups excluding carboxylic acids is 2. The largest absolute Gasteiger partial charge is 0.489 e. The number of benzene rings is 1. The highest BCUT2D eigenvalue weighted by atomic mass is 16.5. The van der Waals surface area contributed by atoms with Crippen LogP contribution in [0.15, 0.2) is 18.2 Å². The molecule has 0 spiro atoms. The van der Waals surface area contributed by atoms with Crippen LogP contribution in [-0.4, -0.2) is 31.0 Å². The van der Waals surface area contributed by atoms with E-state index in [0.29, 0.717) is 17.1 Å². The number of hydrogen-bond donors (Lipinski definition) is 3. The highest BCUT2D eigenvalue weighted by molar-refractivity contribution is 5.88. The fourth-order valence-electron chi connectivity index (χ4n) is 1.77. The predicted octanol–water partition coefficient (Wildman–Crippen LogP) is -0.167. The summed E-state index contributed by atoms with van der Waals surface area (Å²) in [4.78, 5) is 23.6. The second-order valence-electron chi connectivity index (χ2n) is 4.64. The first kappa shape index (κ1) is 15.6. The van der Waals surface area contributed by atoms with Crippen LogP contribution in [0.4, 0.5) is 11.4 Å². The number of anilines is 2. The zero-order valence-electron chi connectivity index (χ0n) is 11.6. The summed E-state index contributed by atoms with van der Waals surface area (Å²) >= 11 is 0. The fraction of sp³-hybridized carbons (Fsp3) is 0.385. The van der Waals surface area contributed by atoms with Gasteiger partial charge in [0.1, 0.15) is 5.75 Å². The summed E-state index contributed by atoms with van der Waals surface area (Å²) in [5, 5.41) is 0. The zero-order valence-corrected chi connectivity index (χ0v) is 11.6. The smallest absolute Gasteiger partial charge is 0.236 e. The minimum atomic E-state index is -0.583. The van der Waals surface area contributed by atoms with E-state index in [2.05, 4.69) is 0 Å². The normalized spacial score (nSPS) is 10.3. The lowest BCUT2D eigenvalue weighted by Crippen LogP contribution is -2.40. The van der Waals surface area contributed by atoms with Crippen molar-refractivity contribution in [3.63, 3.8) is 0 Å². The number of carbonyl (C=O) groups is 2. The topological polar surface area (TPSA) is 125 Å². The molecular formula is C13H20N4O3. The predicted molar refractivity (Wildman–Crippen MR) is 77.2 cm³/mol. The van der Waals surface area contributed by atoms with E-state index in [9.17, 15) is 9.59 Å². The highest BCUT2D eigenvalue weighted by Crippen LogP contribution is 2.32. The van der Waals surface area contributed by atoms with Crippen molar-refractivity contribution in [3.05, 3.63) is 18.2 Å². The molecule has 2 amide bonds. The molecule has 110 valence electrons. The van der Waals surface area contributed by atoms with Crippen molar-refractivity contribution in [2.75, 3.05) is 23.7 Å². The second kappa shape index (κ2) is 6.65. The summed E-state index contributed by atoms with van der Waals surface area (Å²) < 4.78 is 5.56. The van der Waals surface area contributed by atoms with Gasteiger partial charge in [-0.05, 0) is 26.0 Å². The molecule has 0 bridgehead atoms. The van der Waals surface area contributed by atoms with Gasteiger partial charge in [0.05, 0.1) is 30.6 Å². The molecule has 0 saturated heterocycles. The molecule has 1 aromatic rings. The number of para-hydroxylation sites is 1. The quantitative estimate of drug-likeness (QED) is 0.598. The van der Waals surface area contributed by atoms with Crippen LogP contribution in [0.1, 0.15) is 13.8 Å². The van der Waals surface area contributed by atoms with Gasteiger partial charge in [-0.1, -0.05) is 6.07 Å². The molecule has 0 aliphatic carbocycles. The summed E-state index contributed by atoms with van der Waals surface area (Å²) in [5.41, 5.74) is 17.2. The van der Waals surface area contributed by atoms with Gasteiger partial charge in [-0.15, -0.1) is 0 Å². The molecule has 0 saturated carbocycles. The van der Waals surface area contributed by atoms with Crippen LogP contribution >= 0.6 is 0 Å². The average molecular weight is 280 g/mol. The average Bonchev–Trinajstić information content (AvgIpc) is 2.29. The van der Waals surface area contributed by atoms with E-state index in [0.717, 1.165) is 0 Å². The fourth-order valence-corrected chi connectivity index (χ4v) is 1.77. The Kier molecular flexibility index (Phi) is 5.19. The maximum atomic E-state index is 11.1. The molecule has 7 nitrogen and oxygen atoms in total. The lowest BCUT2D eigenvalue weighted by molar-refractivity contribution is -0.117. The molecular weight excluding hydrogens is 260 g/mol. The Hall–Kier alpha value is -2.44. The third-order valence-electron chi connectivity index (χ3n) is 2.44. The molecule has 0 aliphatic heterocycles. The molecule has 0 unspecified atom stereocenters. The van der Waals surface area contributed by atoms with E-state index >= 15 is 0 Å². The Balaban J connectivity index is 3.12. The van der Waals surface area contributed by atoms with Crippen molar-refractivity contribution < 1.29 is 14.3 Å². The van der Waals surface area contributed by atoms with Crippen LogP contribution in [0.3, 0.4) is 0 Å².